The molecule has 0 bridgehead atoms. The van der Waals surface area contributed by atoms with Crippen LogP contribution in [0.25, 0.3) is 0 Å². The zero-order valence-electron chi connectivity index (χ0n) is 5.90. The summed E-state index contributed by atoms with van der Waals surface area (Å²) in [5, 5.41) is 1.99. The summed E-state index contributed by atoms with van der Waals surface area (Å²) in [4.78, 5) is 5.35. The van der Waals surface area contributed by atoms with Crippen LogP contribution in [0.4, 0.5) is 0 Å². The van der Waals surface area contributed by atoms with Gasteiger partial charge in [0, 0.05) is 22.9 Å². The Morgan fingerprint density at radius 1 is 1.17 bits per heavy atom. The Hall–Kier alpha value is -0.0200. The molecule has 1 aliphatic rings. The standard InChI is InChI=1S/C9H7NS.Na.H/c1-2-4-9-8(3-1)7-10-5-6-11-9;;/h1-7H;;. The fraction of sp³-hybridized carbons (Fsp3) is 0. The van der Waals surface area contributed by atoms with Crippen LogP contribution in [0, 0.1) is 0 Å². The Bertz CT molecular complexity index is 320. The van der Waals surface area contributed by atoms with E-state index < -0.39 is 0 Å². The molecule has 0 saturated carbocycles. The molecule has 0 fully saturated rings. The van der Waals surface area contributed by atoms with Gasteiger partial charge in [0.15, 0.2) is 0 Å². The molecule has 0 N–H and O–H groups in total. The molecule has 1 heterocycles. The van der Waals surface area contributed by atoms with Gasteiger partial charge >= 0.3 is 29.6 Å². The summed E-state index contributed by atoms with van der Waals surface area (Å²) in [6.07, 6.45) is 3.69. The van der Waals surface area contributed by atoms with E-state index in [0.29, 0.717) is 0 Å². The van der Waals surface area contributed by atoms with E-state index in [1.165, 1.54) is 10.5 Å². The molecule has 2 rings (SSSR count). The summed E-state index contributed by atoms with van der Waals surface area (Å²) >= 11 is 1.70. The molecule has 0 aromatic heterocycles. The van der Waals surface area contributed by atoms with Crippen molar-refractivity contribution in [2.24, 2.45) is 4.99 Å². The van der Waals surface area contributed by atoms with Crippen LogP contribution in [0.1, 0.15) is 5.56 Å². The minimum atomic E-state index is 0. The number of fused-ring (bicyclic) bond motifs is 1. The van der Waals surface area contributed by atoms with Gasteiger partial charge in [-0.1, -0.05) is 30.0 Å². The second-order valence-corrected chi connectivity index (χ2v) is 3.17. The van der Waals surface area contributed by atoms with Gasteiger partial charge in [-0.2, -0.15) is 0 Å². The average Bonchev–Trinajstić information content (AvgIpc) is 2.28. The van der Waals surface area contributed by atoms with Gasteiger partial charge in [-0.25, -0.2) is 0 Å². The predicted molar refractivity (Wildman–Crippen MR) is 56.2 cm³/mol. The second kappa shape index (κ2) is 4.87. The topological polar surface area (TPSA) is 12.4 Å². The number of nitrogens with zero attached hydrogens (tertiary/aromatic N) is 1. The zero-order chi connectivity index (χ0) is 7.52. The van der Waals surface area contributed by atoms with Crippen LogP contribution < -0.4 is 0 Å². The number of hydrogen-bond donors (Lipinski definition) is 0. The molecule has 0 radical (unpaired) electrons. The summed E-state index contributed by atoms with van der Waals surface area (Å²) in [5.41, 5.74) is 1.20. The van der Waals surface area contributed by atoms with Crippen LogP contribution in [0.2, 0.25) is 0 Å². The number of hydrogen-bond acceptors (Lipinski definition) is 2. The Labute approximate surface area is 98.3 Å². The number of benzene rings is 1. The van der Waals surface area contributed by atoms with Crippen molar-refractivity contribution < 1.29 is 0 Å². The van der Waals surface area contributed by atoms with Gasteiger partial charge in [0.1, 0.15) is 0 Å². The molecule has 1 nitrogen and oxygen atoms in total. The van der Waals surface area contributed by atoms with E-state index in [1.807, 2.05) is 30.0 Å². The minimum absolute atomic E-state index is 0. The molecule has 0 saturated heterocycles. The van der Waals surface area contributed by atoms with E-state index in [-0.39, 0.29) is 29.6 Å². The van der Waals surface area contributed by atoms with E-state index in [4.69, 9.17) is 0 Å². The fourth-order valence-electron chi connectivity index (χ4n) is 0.957. The molecule has 0 unspecified atom stereocenters. The third kappa shape index (κ3) is 2.23. The Kier molecular flexibility index (Phi) is 4.09. The summed E-state index contributed by atoms with van der Waals surface area (Å²) in [6, 6.07) is 8.23. The van der Waals surface area contributed by atoms with E-state index >= 15 is 0 Å². The Morgan fingerprint density at radius 2 is 2.00 bits per heavy atom. The van der Waals surface area contributed by atoms with Crippen LogP contribution in [-0.2, 0) is 0 Å². The van der Waals surface area contributed by atoms with E-state index in [9.17, 15) is 0 Å². The molecule has 1 aliphatic heterocycles. The van der Waals surface area contributed by atoms with Gasteiger partial charge in [0.05, 0.1) is 0 Å². The van der Waals surface area contributed by atoms with Gasteiger partial charge in [-0.05, 0) is 11.5 Å². The monoisotopic (exact) mass is 185 g/mol. The Morgan fingerprint density at radius 3 is 2.92 bits per heavy atom. The first-order valence-corrected chi connectivity index (χ1v) is 4.29. The summed E-state index contributed by atoms with van der Waals surface area (Å²) < 4.78 is 0. The van der Waals surface area contributed by atoms with Crippen molar-refractivity contribution in [1.29, 1.82) is 0 Å². The summed E-state index contributed by atoms with van der Waals surface area (Å²) in [7, 11) is 0. The molecule has 56 valence electrons. The van der Waals surface area contributed by atoms with Crippen LogP contribution in [0.5, 0.6) is 0 Å². The molecule has 1 aromatic rings. The molecule has 1 aromatic carbocycles. The van der Waals surface area contributed by atoms with Crippen molar-refractivity contribution in [3.05, 3.63) is 41.4 Å². The number of thioether (sulfide) groups is 1. The normalized spacial score (nSPS) is 13.0. The molecule has 3 heteroatoms. The van der Waals surface area contributed by atoms with Crippen molar-refractivity contribution >= 4 is 47.5 Å². The first-order chi connectivity index (χ1) is 5.47. The molecule has 0 aliphatic carbocycles. The molecule has 12 heavy (non-hydrogen) atoms. The summed E-state index contributed by atoms with van der Waals surface area (Å²) in [6.45, 7) is 0. The molecular weight excluding hydrogens is 177 g/mol. The van der Waals surface area contributed by atoms with Crippen molar-refractivity contribution in [1.82, 2.24) is 0 Å². The first kappa shape index (κ1) is 10.1. The molecule has 0 amide bonds. The van der Waals surface area contributed by atoms with Crippen LogP contribution in [0.3, 0.4) is 0 Å². The zero-order valence-corrected chi connectivity index (χ0v) is 6.71. The van der Waals surface area contributed by atoms with Crippen molar-refractivity contribution in [3.8, 4) is 0 Å². The Balaban J connectivity index is 0.000000720. The van der Waals surface area contributed by atoms with E-state index in [1.54, 1.807) is 11.8 Å². The SMILES string of the molecule is C1=CSc2ccccc2C=N1.[NaH]. The van der Waals surface area contributed by atoms with Crippen molar-refractivity contribution in [2.45, 2.75) is 4.90 Å². The van der Waals surface area contributed by atoms with E-state index in [0.717, 1.165) is 0 Å². The predicted octanol–water partition coefficient (Wildman–Crippen LogP) is 2.03. The third-order valence-electron chi connectivity index (χ3n) is 1.47. The second-order valence-electron chi connectivity index (χ2n) is 2.22. The van der Waals surface area contributed by atoms with Crippen molar-refractivity contribution in [3.63, 3.8) is 0 Å². The first-order valence-electron chi connectivity index (χ1n) is 3.41. The third-order valence-corrected chi connectivity index (χ3v) is 2.36. The van der Waals surface area contributed by atoms with Gasteiger partial charge in [0.2, 0.25) is 0 Å². The van der Waals surface area contributed by atoms with Gasteiger partial charge in [0.25, 0.3) is 0 Å². The number of rotatable bonds is 0. The quantitative estimate of drug-likeness (QED) is 0.563. The molecular formula is C9H8NNaS. The molecule has 0 atom stereocenters. The van der Waals surface area contributed by atoms with Gasteiger partial charge in [-0.3, -0.25) is 4.99 Å². The number of aliphatic imine (C=N–C) groups is 1. The maximum atomic E-state index is 4.09. The average molecular weight is 185 g/mol. The van der Waals surface area contributed by atoms with Crippen LogP contribution in [0.15, 0.2) is 45.8 Å². The summed E-state index contributed by atoms with van der Waals surface area (Å²) in [5.74, 6) is 0. The van der Waals surface area contributed by atoms with Gasteiger partial charge < -0.3 is 0 Å². The van der Waals surface area contributed by atoms with Crippen LogP contribution >= 0.6 is 11.8 Å². The maximum absolute atomic E-state index is 4.09. The fourth-order valence-corrected chi connectivity index (χ4v) is 1.65. The van der Waals surface area contributed by atoms with E-state index in [2.05, 4.69) is 17.1 Å². The van der Waals surface area contributed by atoms with Crippen LogP contribution in [-0.4, -0.2) is 35.8 Å². The molecule has 0 spiro atoms. The van der Waals surface area contributed by atoms with Gasteiger partial charge in [-0.15, -0.1) is 0 Å². The van der Waals surface area contributed by atoms with Crippen molar-refractivity contribution in [2.75, 3.05) is 0 Å².